The number of aromatic nitrogens is 1. The summed E-state index contributed by atoms with van der Waals surface area (Å²) in [7, 11) is 1.65. The molecule has 2 N–H and O–H groups in total. The Balaban J connectivity index is 2.58. The molecule has 1 aromatic heterocycles. The first-order valence-corrected chi connectivity index (χ1v) is 5.99. The molecule has 1 rings (SSSR count). The van der Waals surface area contributed by atoms with E-state index in [1.807, 2.05) is 0 Å². The molecule has 0 radical (unpaired) electrons. The molecule has 0 aliphatic carbocycles. The highest BCUT2D eigenvalue weighted by Crippen LogP contribution is 2.17. The number of aromatic carboxylic acids is 1. The molecule has 16 heavy (non-hydrogen) atoms. The summed E-state index contributed by atoms with van der Waals surface area (Å²) in [6.07, 6.45) is 2.01. The largest absolute Gasteiger partial charge is 0.476 e. The van der Waals surface area contributed by atoms with E-state index in [1.54, 1.807) is 7.11 Å². The fourth-order valence-electron chi connectivity index (χ4n) is 1.36. The number of methoxy groups -OCH3 is 1. The van der Waals surface area contributed by atoms with Gasteiger partial charge in [0.15, 0.2) is 10.8 Å². The van der Waals surface area contributed by atoms with Gasteiger partial charge in [0.1, 0.15) is 0 Å². The molecule has 1 heterocycles. The Hall–Kier alpha value is -1.14. The quantitative estimate of drug-likeness (QED) is 0.768. The Kier molecular flexibility index (Phi) is 5.21. The minimum atomic E-state index is -0.997. The third-order valence-electron chi connectivity index (χ3n) is 2.06. The van der Waals surface area contributed by atoms with Crippen LogP contribution < -0.4 is 5.32 Å². The van der Waals surface area contributed by atoms with E-state index in [9.17, 15) is 4.79 Å². The fraction of sp³-hybridized carbons (Fsp3) is 0.600. The molecule has 0 fully saturated rings. The van der Waals surface area contributed by atoms with Crippen LogP contribution in [0.2, 0.25) is 0 Å². The molecule has 1 aromatic rings. The summed E-state index contributed by atoms with van der Waals surface area (Å²) in [5.41, 5.74) is 0.0835. The van der Waals surface area contributed by atoms with Gasteiger partial charge in [0.2, 0.25) is 0 Å². The monoisotopic (exact) mass is 244 g/mol. The number of nitrogens with zero attached hydrogens (tertiary/aromatic N) is 1. The van der Waals surface area contributed by atoms with Gasteiger partial charge in [-0.2, -0.15) is 0 Å². The maximum Gasteiger partial charge on any atom is 0.355 e. The number of thiazole rings is 1. The molecule has 0 aromatic carbocycles. The average molecular weight is 244 g/mol. The molecule has 0 bridgehead atoms. The minimum absolute atomic E-state index is 0.0835. The number of rotatable bonds is 7. The van der Waals surface area contributed by atoms with Crippen LogP contribution in [0.25, 0.3) is 0 Å². The highest BCUT2D eigenvalue weighted by Gasteiger charge is 2.12. The molecule has 0 aliphatic heterocycles. The smallest absolute Gasteiger partial charge is 0.355 e. The second-order valence-electron chi connectivity index (χ2n) is 3.43. The maximum atomic E-state index is 10.6. The predicted molar refractivity (Wildman–Crippen MR) is 63.3 cm³/mol. The van der Waals surface area contributed by atoms with Crippen LogP contribution in [0.5, 0.6) is 0 Å². The van der Waals surface area contributed by atoms with Gasteiger partial charge in [-0.05, 0) is 6.42 Å². The fourth-order valence-corrected chi connectivity index (χ4v) is 2.12. The van der Waals surface area contributed by atoms with Gasteiger partial charge in [0.25, 0.3) is 0 Å². The summed E-state index contributed by atoms with van der Waals surface area (Å²) in [6.45, 7) is 2.69. The number of carbonyl (C=O) groups is 1. The van der Waals surface area contributed by atoms with Gasteiger partial charge >= 0.3 is 5.97 Å². The van der Waals surface area contributed by atoms with Crippen molar-refractivity contribution in [3.05, 3.63) is 11.1 Å². The second-order valence-corrected chi connectivity index (χ2v) is 4.29. The normalized spacial score (nSPS) is 12.4. The Bertz CT molecular complexity index is 335. The van der Waals surface area contributed by atoms with Gasteiger partial charge in [0.05, 0.1) is 12.6 Å². The summed E-state index contributed by atoms with van der Waals surface area (Å²) in [4.78, 5) is 14.6. The molecule has 6 heteroatoms. The first-order chi connectivity index (χ1) is 7.67. The van der Waals surface area contributed by atoms with E-state index in [0.29, 0.717) is 11.7 Å². The molecule has 90 valence electrons. The minimum Gasteiger partial charge on any atom is -0.476 e. The second kappa shape index (κ2) is 6.44. The first kappa shape index (κ1) is 12.9. The van der Waals surface area contributed by atoms with E-state index < -0.39 is 5.97 Å². The van der Waals surface area contributed by atoms with Crippen molar-refractivity contribution in [2.24, 2.45) is 0 Å². The van der Waals surface area contributed by atoms with Crippen LogP contribution in [-0.4, -0.2) is 35.8 Å². The van der Waals surface area contributed by atoms with E-state index in [4.69, 9.17) is 9.84 Å². The van der Waals surface area contributed by atoms with E-state index in [2.05, 4.69) is 17.2 Å². The number of hydrogen-bond donors (Lipinski definition) is 2. The third kappa shape index (κ3) is 3.79. The Morgan fingerprint density at radius 1 is 1.75 bits per heavy atom. The van der Waals surface area contributed by atoms with Crippen LogP contribution >= 0.6 is 11.3 Å². The van der Waals surface area contributed by atoms with Gasteiger partial charge < -0.3 is 15.2 Å². The summed E-state index contributed by atoms with van der Waals surface area (Å²) < 4.78 is 5.08. The lowest BCUT2D eigenvalue weighted by Gasteiger charge is -2.15. The van der Waals surface area contributed by atoms with Crippen LogP contribution in [-0.2, 0) is 4.74 Å². The van der Waals surface area contributed by atoms with Crippen molar-refractivity contribution < 1.29 is 14.6 Å². The number of anilines is 1. The van der Waals surface area contributed by atoms with Crippen molar-refractivity contribution in [2.45, 2.75) is 25.8 Å². The summed E-state index contributed by atoms with van der Waals surface area (Å²) >= 11 is 1.30. The molecule has 1 atom stereocenters. The molecular formula is C10H16N2O3S. The average Bonchev–Trinajstić information content (AvgIpc) is 2.67. The number of ether oxygens (including phenoxy) is 1. The van der Waals surface area contributed by atoms with Crippen LogP contribution in [0, 0.1) is 0 Å². The summed E-state index contributed by atoms with van der Waals surface area (Å²) in [6, 6.07) is 0.183. The van der Waals surface area contributed by atoms with Crippen LogP contribution in [0.3, 0.4) is 0 Å². The first-order valence-electron chi connectivity index (χ1n) is 5.11. The van der Waals surface area contributed by atoms with Gasteiger partial charge in [0, 0.05) is 12.5 Å². The van der Waals surface area contributed by atoms with Crippen molar-refractivity contribution in [3.8, 4) is 0 Å². The van der Waals surface area contributed by atoms with E-state index in [-0.39, 0.29) is 11.7 Å². The van der Waals surface area contributed by atoms with Gasteiger partial charge in [-0.15, -0.1) is 11.3 Å². The lowest BCUT2D eigenvalue weighted by Crippen LogP contribution is -2.24. The Labute approximate surface area is 98.5 Å². The van der Waals surface area contributed by atoms with Gasteiger partial charge in [-0.25, -0.2) is 9.78 Å². The van der Waals surface area contributed by atoms with Gasteiger partial charge in [-0.3, -0.25) is 0 Å². The molecule has 5 nitrogen and oxygen atoms in total. The molecule has 0 spiro atoms. The highest BCUT2D eigenvalue weighted by atomic mass is 32.1. The zero-order chi connectivity index (χ0) is 12.0. The van der Waals surface area contributed by atoms with E-state index in [1.165, 1.54) is 16.7 Å². The Morgan fingerprint density at radius 3 is 3.00 bits per heavy atom. The van der Waals surface area contributed by atoms with Crippen molar-refractivity contribution in [3.63, 3.8) is 0 Å². The van der Waals surface area contributed by atoms with E-state index in [0.717, 1.165) is 12.8 Å². The predicted octanol–water partition coefficient (Wildman–Crippen LogP) is 2.07. The summed E-state index contributed by atoms with van der Waals surface area (Å²) in [5.74, 6) is -0.997. The lowest BCUT2D eigenvalue weighted by atomic mass is 10.2. The number of carboxylic acids is 1. The van der Waals surface area contributed by atoms with Gasteiger partial charge in [-0.1, -0.05) is 13.3 Å². The number of nitrogens with one attached hydrogen (secondary N) is 1. The SMILES string of the molecule is CCCC(COC)Nc1nc(C(=O)O)cs1. The van der Waals surface area contributed by atoms with Crippen molar-refractivity contribution in [1.29, 1.82) is 0 Å². The molecule has 0 aliphatic rings. The maximum absolute atomic E-state index is 10.6. The molecule has 0 amide bonds. The number of hydrogen-bond acceptors (Lipinski definition) is 5. The van der Waals surface area contributed by atoms with Crippen molar-refractivity contribution in [2.75, 3.05) is 19.0 Å². The topological polar surface area (TPSA) is 71.5 Å². The van der Waals surface area contributed by atoms with Crippen LogP contribution in [0.1, 0.15) is 30.3 Å². The summed E-state index contributed by atoms with van der Waals surface area (Å²) in [5, 5.41) is 14.1. The molecular weight excluding hydrogens is 228 g/mol. The lowest BCUT2D eigenvalue weighted by molar-refractivity contribution is 0.0691. The highest BCUT2D eigenvalue weighted by molar-refractivity contribution is 7.13. The number of carboxylic acid groups (broad SMARTS) is 1. The standard InChI is InChI=1S/C10H16N2O3S/c1-3-4-7(5-15-2)11-10-12-8(6-16-10)9(13)14/h6-7H,3-5H2,1-2H3,(H,11,12)(H,13,14). The third-order valence-corrected chi connectivity index (χ3v) is 2.83. The van der Waals surface area contributed by atoms with Crippen molar-refractivity contribution in [1.82, 2.24) is 4.98 Å². The zero-order valence-electron chi connectivity index (χ0n) is 9.40. The van der Waals surface area contributed by atoms with Crippen LogP contribution in [0.4, 0.5) is 5.13 Å². The Morgan fingerprint density at radius 2 is 2.50 bits per heavy atom. The molecule has 0 saturated carbocycles. The zero-order valence-corrected chi connectivity index (χ0v) is 10.2. The van der Waals surface area contributed by atoms with Crippen molar-refractivity contribution >= 4 is 22.4 Å². The van der Waals surface area contributed by atoms with Crippen LogP contribution in [0.15, 0.2) is 5.38 Å². The molecule has 1 unspecified atom stereocenters. The molecule has 0 saturated heterocycles. The van der Waals surface area contributed by atoms with E-state index >= 15 is 0 Å².